The Hall–Kier alpha value is -0.830. The van der Waals surface area contributed by atoms with E-state index >= 15 is 0 Å². The van der Waals surface area contributed by atoms with Crippen molar-refractivity contribution < 1.29 is 14.9 Å². The van der Waals surface area contributed by atoms with Crippen molar-refractivity contribution in [3.63, 3.8) is 0 Å². The summed E-state index contributed by atoms with van der Waals surface area (Å²) in [6, 6.07) is 0. The smallest absolute Gasteiger partial charge is 0.296 e. The van der Waals surface area contributed by atoms with Gasteiger partial charge in [-0.3, -0.25) is 4.89 Å². The lowest BCUT2D eigenvalue weighted by molar-refractivity contribution is -0.229. The Labute approximate surface area is 60.2 Å². The van der Waals surface area contributed by atoms with Crippen LogP contribution >= 0.6 is 0 Å². The topological polar surface area (TPSA) is 46.5 Å². The van der Waals surface area contributed by atoms with E-state index in [4.69, 9.17) is 5.26 Å². The van der Waals surface area contributed by atoms with Gasteiger partial charge in [-0.2, -0.15) is 5.26 Å². The molecular weight excluding hydrogens is 132 g/mol. The zero-order valence-corrected chi connectivity index (χ0v) is 6.42. The maximum Gasteiger partial charge on any atom is 0.368 e. The summed E-state index contributed by atoms with van der Waals surface area (Å²) in [6.07, 6.45) is 1.72. The first-order chi connectivity index (χ1) is 4.57. The average Bonchev–Trinajstić information content (AvgIpc) is 1.85. The molecule has 0 heterocycles. The van der Waals surface area contributed by atoms with Gasteiger partial charge in [-0.1, -0.05) is 19.9 Å². The van der Waals surface area contributed by atoms with Crippen LogP contribution in [0.25, 0.3) is 0 Å². The van der Waals surface area contributed by atoms with Gasteiger partial charge in [-0.25, -0.2) is 4.79 Å². The van der Waals surface area contributed by atoms with Crippen LogP contribution in [-0.2, 0) is 9.68 Å². The summed E-state index contributed by atoms with van der Waals surface area (Å²) in [4.78, 5) is 14.0. The molecule has 3 nitrogen and oxygen atoms in total. The van der Waals surface area contributed by atoms with E-state index in [1.54, 1.807) is 13.0 Å². The van der Waals surface area contributed by atoms with Crippen molar-refractivity contribution in [2.75, 3.05) is 0 Å². The largest absolute Gasteiger partial charge is 0.368 e. The number of carbonyl (C=O) groups excluding carboxylic acids is 1. The third kappa shape index (κ3) is 3.25. The standard InChI is InChI=1S/C7H12O3/c1-5(2)4-6(3)7(8)10-9/h4-5,9H,1-3H3/b6-4+. The maximum absolute atomic E-state index is 10.5. The zero-order valence-electron chi connectivity index (χ0n) is 6.42. The highest BCUT2D eigenvalue weighted by molar-refractivity contribution is 5.87. The van der Waals surface area contributed by atoms with E-state index in [2.05, 4.69) is 4.89 Å². The number of hydrogen-bond acceptors (Lipinski definition) is 3. The average molecular weight is 144 g/mol. The van der Waals surface area contributed by atoms with Gasteiger partial charge >= 0.3 is 5.97 Å². The number of carbonyl (C=O) groups is 1. The van der Waals surface area contributed by atoms with Crippen molar-refractivity contribution in [3.8, 4) is 0 Å². The highest BCUT2D eigenvalue weighted by Gasteiger charge is 2.04. The van der Waals surface area contributed by atoms with Gasteiger partial charge in [0.25, 0.3) is 0 Å². The molecule has 0 rings (SSSR count). The van der Waals surface area contributed by atoms with E-state index in [0.29, 0.717) is 11.5 Å². The van der Waals surface area contributed by atoms with E-state index in [1.807, 2.05) is 13.8 Å². The van der Waals surface area contributed by atoms with Crippen molar-refractivity contribution in [1.82, 2.24) is 0 Å². The molecule has 0 aliphatic rings. The van der Waals surface area contributed by atoms with Crippen LogP contribution in [-0.4, -0.2) is 11.2 Å². The number of hydrogen-bond donors (Lipinski definition) is 1. The fraction of sp³-hybridized carbons (Fsp3) is 0.571. The van der Waals surface area contributed by atoms with Crippen LogP contribution in [0.15, 0.2) is 11.6 Å². The second kappa shape index (κ2) is 4.06. The van der Waals surface area contributed by atoms with E-state index in [-0.39, 0.29) is 0 Å². The molecule has 0 bridgehead atoms. The summed E-state index contributed by atoms with van der Waals surface area (Å²) in [7, 11) is 0. The molecule has 0 saturated heterocycles. The summed E-state index contributed by atoms with van der Waals surface area (Å²) in [5.41, 5.74) is 0.428. The highest BCUT2D eigenvalue weighted by Crippen LogP contribution is 2.02. The van der Waals surface area contributed by atoms with Crippen LogP contribution in [0.4, 0.5) is 0 Å². The normalized spacial score (nSPS) is 11.9. The SMILES string of the molecule is C/C(=C\C(C)C)C(=O)OO. The summed E-state index contributed by atoms with van der Waals surface area (Å²) in [6.45, 7) is 5.47. The molecule has 10 heavy (non-hydrogen) atoms. The Bertz CT molecular complexity index is 147. The number of rotatable bonds is 2. The van der Waals surface area contributed by atoms with Gasteiger partial charge in [0.1, 0.15) is 0 Å². The lowest BCUT2D eigenvalue weighted by Gasteiger charge is -1.97. The minimum atomic E-state index is -0.686. The summed E-state index contributed by atoms with van der Waals surface area (Å²) in [5, 5.41) is 7.93. The lowest BCUT2D eigenvalue weighted by Crippen LogP contribution is -2.02. The van der Waals surface area contributed by atoms with Crippen molar-refractivity contribution in [1.29, 1.82) is 0 Å². The predicted molar refractivity (Wildman–Crippen MR) is 37.3 cm³/mol. The van der Waals surface area contributed by atoms with Gasteiger partial charge in [0, 0.05) is 5.57 Å². The van der Waals surface area contributed by atoms with E-state index < -0.39 is 5.97 Å². The molecule has 0 aliphatic heterocycles. The zero-order chi connectivity index (χ0) is 8.15. The third-order valence-electron chi connectivity index (χ3n) is 0.988. The van der Waals surface area contributed by atoms with Crippen LogP contribution in [0.1, 0.15) is 20.8 Å². The molecule has 0 aliphatic carbocycles. The Morgan fingerprint density at radius 1 is 1.60 bits per heavy atom. The summed E-state index contributed by atoms with van der Waals surface area (Å²) < 4.78 is 0. The van der Waals surface area contributed by atoms with Gasteiger partial charge in [-0.05, 0) is 12.8 Å². The van der Waals surface area contributed by atoms with E-state index in [9.17, 15) is 4.79 Å². The Morgan fingerprint density at radius 3 is 2.40 bits per heavy atom. The first kappa shape index (κ1) is 9.17. The highest BCUT2D eigenvalue weighted by atomic mass is 17.1. The van der Waals surface area contributed by atoms with E-state index in [1.165, 1.54) is 0 Å². The molecule has 0 amide bonds. The van der Waals surface area contributed by atoms with Gasteiger partial charge in [-0.15, -0.1) is 0 Å². The fourth-order valence-electron chi connectivity index (χ4n) is 0.640. The van der Waals surface area contributed by atoms with Crippen molar-refractivity contribution in [2.45, 2.75) is 20.8 Å². The first-order valence-corrected chi connectivity index (χ1v) is 3.12. The molecule has 0 unspecified atom stereocenters. The molecule has 0 aromatic heterocycles. The molecule has 0 fully saturated rings. The Kier molecular flexibility index (Phi) is 3.72. The molecule has 0 saturated carbocycles. The number of allylic oxidation sites excluding steroid dienone is 1. The first-order valence-electron chi connectivity index (χ1n) is 3.12. The second-order valence-corrected chi connectivity index (χ2v) is 2.47. The van der Waals surface area contributed by atoms with E-state index in [0.717, 1.165) is 0 Å². The van der Waals surface area contributed by atoms with Gasteiger partial charge in [0.2, 0.25) is 0 Å². The summed E-state index contributed by atoms with van der Waals surface area (Å²) in [5.74, 6) is -0.396. The fourth-order valence-corrected chi connectivity index (χ4v) is 0.640. The Morgan fingerprint density at radius 2 is 2.10 bits per heavy atom. The third-order valence-corrected chi connectivity index (χ3v) is 0.988. The molecule has 0 aromatic rings. The van der Waals surface area contributed by atoms with Crippen molar-refractivity contribution in [2.24, 2.45) is 5.92 Å². The minimum absolute atomic E-state index is 0.291. The predicted octanol–water partition coefficient (Wildman–Crippen LogP) is 1.60. The summed E-state index contributed by atoms with van der Waals surface area (Å²) >= 11 is 0. The van der Waals surface area contributed by atoms with Gasteiger partial charge < -0.3 is 0 Å². The molecule has 0 radical (unpaired) electrons. The Balaban J connectivity index is 4.05. The minimum Gasteiger partial charge on any atom is -0.296 e. The van der Waals surface area contributed by atoms with Crippen molar-refractivity contribution >= 4 is 5.97 Å². The van der Waals surface area contributed by atoms with Crippen LogP contribution in [0.5, 0.6) is 0 Å². The molecular formula is C7H12O3. The van der Waals surface area contributed by atoms with Crippen LogP contribution in [0.3, 0.4) is 0 Å². The molecule has 0 atom stereocenters. The van der Waals surface area contributed by atoms with Crippen LogP contribution < -0.4 is 0 Å². The van der Waals surface area contributed by atoms with Crippen molar-refractivity contribution in [3.05, 3.63) is 11.6 Å². The molecule has 58 valence electrons. The molecule has 1 N–H and O–H groups in total. The monoisotopic (exact) mass is 144 g/mol. The molecule has 0 spiro atoms. The molecule has 3 heteroatoms. The molecule has 0 aromatic carbocycles. The maximum atomic E-state index is 10.5. The van der Waals surface area contributed by atoms with Crippen LogP contribution in [0.2, 0.25) is 0 Å². The quantitative estimate of drug-likeness (QED) is 0.364. The van der Waals surface area contributed by atoms with Crippen LogP contribution in [0, 0.1) is 5.92 Å². The van der Waals surface area contributed by atoms with Gasteiger partial charge in [0.15, 0.2) is 0 Å². The van der Waals surface area contributed by atoms with Gasteiger partial charge in [0.05, 0.1) is 0 Å². The second-order valence-electron chi connectivity index (χ2n) is 2.47. The lowest BCUT2D eigenvalue weighted by atomic mass is 10.1.